The fraction of sp³-hybridized carbons (Fsp3) is 0.200. The number of rotatable bonds is 10. The van der Waals surface area contributed by atoms with E-state index in [9.17, 15) is 18.4 Å². The van der Waals surface area contributed by atoms with E-state index in [0.29, 0.717) is 22.2 Å². The molecule has 0 saturated carbocycles. The highest BCUT2D eigenvalue weighted by atomic mass is 32.2. The van der Waals surface area contributed by atoms with Gasteiger partial charge in [-0.05, 0) is 67.9 Å². The lowest BCUT2D eigenvalue weighted by molar-refractivity contribution is -0.137. The Morgan fingerprint density at radius 2 is 1.60 bits per heavy atom. The molecule has 1 N–H and O–H groups in total. The fourth-order valence-electron chi connectivity index (χ4n) is 4.10. The van der Waals surface area contributed by atoms with Gasteiger partial charge in [0.25, 0.3) is 5.91 Å². The van der Waals surface area contributed by atoms with Gasteiger partial charge in [-0.25, -0.2) is 18.7 Å². The summed E-state index contributed by atoms with van der Waals surface area (Å²) < 4.78 is 33.8. The van der Waals surface area contributed by atoms with Gasteiger partial charge >= 0.3 is 0 Å². The summed E-state index contributed by atoms with van der Waals surface area (Å²) in [6, 6.07) is 18.7. The number of benzene rings is 3. The summed E-state index contributed by atoms with van der Waals surface area (Å²) in [6.45, 7) is 3.47. The summed E-state index contributed by atoms with van der Waals surface area (Å²) in [6.07, 6.45) is 0. The number of nitrogens with one attached hydrogen (secondary N) is 1. The predicted octanol–water partition coefficient (Wildman–Crippen LogP) is 5.88. The fourth-order valence-corrected chi connectivity index (χ4v) is 4.94. The molecule has 4 rings (SSSR count). The quantitative estimate of drug-likeness (QED) is 0.192. The van der Waals surface area contributed by atoms with Crippen LogP contribution in [0.25, 0.3) is 0 Å². The van der Waals surface area contributed by atoms with Crippen molar-refractivity contribution in [2.75, 3.05) is 18.2 Å². The van der Waals surface area contributed by atoms with Gasteiger partial charge in [0.05, 0.1) is 12.9 Å². The summed E-state index contributed by atoms with van der Waals surface area (Å²) in [5, 5.41) is 3.24. The Labute approximate surface area is 235 Å². The third-order valence-corrected chi connectivity index (χ3v) is 6.84. The Bertz CT molecular complexity index is 1460. The normalized spacial score (nSPS) is 11.5. The minimum absolute atomic E-state index is 0.106. The molecule has 1 atom stereocenters. The van der Waals surface area contributed by atoms with Crippen molar-refractivity contribution in [1.82, 2.24) is 14.9 Å². The Hall–Kier alpha value is -4.31. The van der Waals surface area contributed by atoms with Crippen LogP contribution in [-0.4, -0.2) is 39.5 Å². The smallest absolute Gasteiger partial charge is 0.251 e. The molecule has 0 saturated heterocycles. The zero-order chi connectivity index (χ0) is 28.6. The summed E-state index contributed by atoms with van der Waals surface area (Å²) in [4.78, 5) is 37.6. The zero-order valence-corrected chi connectivity index (χ0v) is 23.0. The van der Waals surface area contributed by atoms with Crippen LogP contribution < -0.4 is 10.1 Å². The Kier molecular flexibility index (Phi) is 9.44. The van der Waals surface area contributed by atoms with Crippen LogP contribution in [0.2, 0.25) is 0 Å². The van der Waals surface area contributed by atoms with E-state index in [4.69, 9.17) is 4.74 Å². The van der Waals surface area contributed by atoms with Gasteiger partial charge in [-0.1, -0.05) is 42.1 Å². The van der Waals surface area contributed by atoms with Gasteiger partial charge in [-0.2, -0.15) is 0 Å². The van der Waals surface area contributed by atoms with E-state index in [0.717, 1.165) is 23.1 Å². The second-order valence-electron chi connectivity index (χ2n) is 9.01. The van der Waals surface area contributed by atoms with Crippen LogP contribution in [0.4, 0.5) is 14.5 Å². The van der Waals surface area contributed by atoms with E-state index in [1.54, 1.807) is 42.5 Å². The monoisotopic (exact) mass is 562 g/mol. The molecule has 206 valence electrons. The first kappa shape index (κ1) is 28.7. The third-order valence-electron chi connectivity index (χ3n) is 6.01. The van der Waals surface area contributed by atoms with Crippen molar-refractivity contribution in [3.63, 3.8) is 0 Å². The van der Waals surface area contributed by atoms with Crippen LogP contribution in [-0.2, 0) is 16.1 Å². The van der Waals surface area contributed by atoms with Gasteiger partial charge in [0.15, 0.2) is 5.16 Å². The van der Waals surface area contributed by atoms with Gasteiger partial charge in [-0.15, -0.1) is 0 Å². The number of halogens is 2. The van der Waals surface area contributed by atoms with Gasteiger partial charge in [0.2, 0.25) is 5.91 Å². The molecule has 0 aliphatic heterocycles. The topological polar surface area (TPSA) is 84.4 Å². The average molecular weight is 563 g/mol. The third kappa shape index (κ3) is 7.41. The van der Waals surface area contributed by atoms with Crippen molar-refractivity contribution in [3.05, 3.63) is 113 Å². The van der Waals surface area contributed by atoms with Gasteiger partial charge in [0, 0.05) is 29.2 Å². The van der Waals surface area contributed by atoms with Gasteiger partial charge in [-0.3, -0.25) is 9.59 Å². The number of amides is 2. The number of methoxy groups -OCH3 is 1. The molecule has 0 radical (unpaired) electrons. The van der Waals surface area contributed by atoms with Crippen LogP contribution in [0.5, 0.6) is 5.75 Å². The standard InChI is InChI=1S/C30H28F2N4O3S/c1-19-16-20(2)34-30(33-19)40-18-27(37)36(17-22-6-4-5-7-26(22)32)28(21-8-10-23(31)11-9-21)29(38)35-24-12-14-25(39-3)15-13-24/h4-16,28H,17-18H2,1-3H3,(H,35,38). The lowest BCUT2D eigenvalue weighted by atomic mass is 10.0. The zero-order valence-electron chi connectivity index (χ0n) is 22.2. The molecule has 10 heteroatoms. The lowest BCUT2D eigenvalue weighted by Gasteiger charge is -2.31. The van der Waals surface area contributed by atoms with Gasteiger partial charge < -0.3 is 15.0 Å². The molecule has 1 unspecified atom stereocenters. The molecule has 4 aromatic rings. The highest BCUT2D eigenvalue weighted by Crippen LogP contribution is 2.28. The molecule has 3 aromatic carbocycles. The molecule has 40 heavy (non-hydrogen) atoms. The Morgan fingerprint density at radius 3 is 2.23 bits per heavy atom. The van der Waals surface area contributed by atoms with Crippen LogP contribution in [0.15, 0.2) is 84.0 Å². The minimum atomic E-state index is -1.20. The molecule has 0 spiro atoms. The van der Waals surface area contributed by atoms with E-state index < -0.39 is 29.5 Å². The number of thioether (sulfide) groups is 1. The van der Waals surface area contributed by atoms with Crippen molar-refractivity contribution in [2.45, 2.75) is 31.6 Å². The predicted molar refractivity (Wildman–Crippen MR) is 150 cm³/mol. The maximum atomic E-state index is 14.8. The molecule has 1 aromatic heterocycles. The van der Waals surface area contributed by atoms with Crippen molar-refractivity contribution in [2.24, 2.45) is 0 Å². The number of aryl methyl sites for hydroxylation is 2. The van der Waals surface area contributed by atoms with Crippen molar-refractivity contribution in [1.29, 1.82) is 0 Å². The summed E-state index contributed by atoms with van der Waals surface area (Å²) in [5.74, 6) is -1.50. The van der Waals surface area contributed by atoms with Crippen LogP contribution >= 0.6 is 11.8 Å². The van der Waals surface area contributed by atoms with E-state index in [-0.39, 0.29) is 17.9 Å². The van der Waals surface area contributed by atoms with Gasteiger partial charge in [0.1, 0.15) is 23.4 Å². The molecular formula is C30H28F2N4O3S. The van der Waals surface area contributed by atoms with E-state index in [2.05, 4.69) is 15.3 Å². The van der Waals surface area contributed by atoms with E-state index in [1.165, 1.54) is 42.3 Å². The highest BCUT2D eigenvalue weighted by Gasteiger charge is 2.32. The molecular weight excluding hydrogens is 534 g/mol. The maximum absolute atomic E-state index is 14.8. The summed E-state index contributed by atoms with van der Waals surface area (Å²) in [5.41, 5.74) is 2.58. The molecule has 7 nitrogen and oxygen atoms in total. The average Bonchev–Trinajstić information content (AvgIpc) is 2.93. The molecule has 2 amide bonds. The van der Waals surface area contributed by atoms with Crippen molar-refractivity contribution >= 4 is 29.3 Å². The highest BCUT2D eigenvalue weighted by molar-refractivity contribution is 7.99. The van der Waals surface area contributed by atoms with Crippen molar-refractivity contribution in [3.8, 4) is 5.75 Å². The minimum Gasteiger partial charge on any atom is -0.497 e. The number of carbonyl (C=O) groups excluding carboxylic acids is 2. The lowest BCUT2D eigenvalue weighted by Crippen LogP contribution is -2.42. The molecule has 0 aliphatic rings. The van der Waals surface area contributed by atoms with Crippen molar-refractivity contribution < 1.29 is 23.1 Å². The molecule has 0 aliphatic carbocycles. The number of anilines is 1. The van der Waals surface area contributed by atoms with E-state index in [1.807, 2.05) is 19.9 Å². The Balaban J connectivity index is 1.70. The van der Waals surface area contributed by atoms with Crippen LogP contribution in [0.3, 0.4) is 0 Å². The second kappa shape index (κ2) is 13.2. The van der Waals surface area contributed by atoms with Crippen LogP contribution in [0, 0.1) is 25.5 Å². The number of hydrogen-bond acceptors (Lipinski definition) is 6. The second-order valence-corrected chi connectivity index (χ2v) is 9.95. The molecule has 0 fully saturated rings. The first-order valence-electron chi connectivity index (χ1n) is 12.4. The first-order chi connectivity index (χ1) is 19.2. The number of carbonyl (C=O) groups is 2. The number of aromatic nitrogens is 2. The van der Waals surface area contributed by atoms with E-state index >= 15 is 0 Å². The summed E-state index contributed by atoms with van der Waals surface area (Å²) >= 11 is 1.12. The molecule has 1 heterocycles. The van der Waals surface area contributed by atoms with Crippen LogP contribution in [0.1, 0.15) is 28.6 Å². The molecule has 0 bridgehead atoms. The number of ether oxygens (including phenoxy) is 1. The Morgan fingerprint density at radius 1 is 0.950 bits per heavy atom. The number of hydrogen-bond donors (Lipinski definition) is 1. The largest absolute Gasteiger partial charge is 0.497 e. The summed E-state index contributed by atoms with van der Waals surface area (Å²) in [7, 11) is 1.53. The SMILES string of the molecule is COc1ccc(NC(=O)C(c2ccc(F)cc2)N(Cc2ccccc2F)C(=O)CSc2nc(C)cc(C)n2)cc1. The number of nitrogens with zero attached hydrogens (tertiary/aromatic N) is 3. The maximum Gasteiger partial charge on any atom is 0.251 e. The first-order valence-corrected chi connectivity index (χ1v) is 13.4.